The molecule has 6 nitrogen and oxygen atoms in total. The molecule has 0 amide bonds. The zero-order valence-electron chi connectivity index (χ0n) is 5.88. The summed E-state index contributed by atoms with van der Waals surface area (Å²) in [5.74, 6) is -1.11. The van der Waals surface area contributed by atoms with Crippen LogP contribution in [0.25, 0.3) is 10.4 Å². The summed E-state index contributed by atoms with van der Waals surface area (Å²) in [5, 5.41) is 11.7. The van der Waals surface area contributed by atoms with Crippen molar-refractivity contribution in [3.63, 3.8) is 0 Å². The van der Waals surface area contributed by atoms with Crippen LogP contribution in [0.5, 0.6) is 0 Å². The highest BCUT2D eigenvalue weighted by Crippen LogP contribution is 2.09. The zero-order valence-corrected chi connectivity index (χ0v) is 5.88. The Labute approximate surface area is 67.1 Å². The van der Waals surface area contributed by atoms with Gasteiger partial charge in [0, 0.05) is 11.1 Å². The van der Waals surface area contributed by atoms with Crippen molar-refractivity contribution in [2.45, 2.75) is 0 Å². The maximum Gasteiger partial charge on any atom is 0.354 e. The number of rotatable bonds is 2. The molecule has 0 saturated heterocycles. The largest absolute Gasteiger partial charge is 0.477 e. The van der Waals surface area contributed by atoms with Crippen molar-refractivity contribution in [1.82, 2.24) is 4.98 Å². The molecular weight excluding hydrogens is 160 g/mol. The first kappa shape index (κ1) is 8.03. The molecule has 0 fully saturated rings. The highest BCUT2D eigenvalue weighted by atomic mass is 16.4. The molecule has 12 heavy (non-hydrogen) atoms. The molecule has 0 bridgehead atoms. The number of pyridine rings is 1. The van der Waals surface area contributed by atoms with E-state index in [0.29, 0.717) is 5.69 Å². The van der Waals surface area contributed by atoms with Gasteiger partial charge in [0.1, 0.15) is 5.69 Å². The van der Waals surface area contributed by atoms with Crippen molar-refractivity contribution in [3.8, 4) is 0 Å². The number of carboxylic acids is 1. The molecule has 0 aliphatic carbocycles. The van der Waals surface area contributed by atoms with Gasteiger partial charge in [-0.25, -0.2) is 9.78 Å². The van der Waals surface area contributed by atoms with E-state index in [1.807, 2.05) is 0 Å². The second kappa shape index (κ2) is 3.36. The Morgan fingerprint density at radius 1 is 1.67 bits per heavy atom. The summed E-state index contributed by atoms with van der Waals surface area (Å²) >= 11 is 0. The van der Waals surface area contributed by atoms with Crippen LogP contribution in [0.4, 0.5) is 5.69 Å². The molecule has 1 N–H and O–H groups in total. The Balaban J connectivity index is 3.00. The summed E-state index contributed by atoms with van der Waals surface area (Å²) in [6, 6.07) is 2.66. The minimum absolute atomic E-state index is 0.0770. The number of nitrogens with zero attached hydrogens (tertiary/aromatic N) is 4. The fraction of sp³-hybridized carbons (Fsp3) is 0. The lowest BCUT2D eigenvalue weighted by Crippen LogP contribution is -1.98. The van der Waals surface area contributed by atoms with Gasteiger partial charge in [-0.05, 0) is 17.7 Å². The standard InChI is InChI=1S/C6H4N4O2/c7-10-9-4-1-2-5(6(11)12)8-3-4/h1-3H,(H,11,12). The maximum absolute atomic E-state index is 10.3. The van der Waals surface area contributed by atoms with Gasteiger partial charge in [-0.2, -0.15) is 0 Å². The van der Waals surface area contributed by atoms with Gasteiger partial charge in [0.2, 0.25) is 0 Å². The molecule has 1 heterocycles. The molecule has 0 aliphatic rings. The van der Waals surface area contributed by atoms with Crippen LogP contribution < -0.4 is 0 Å². The molecule has 0 unspecified atom stereocenters. The monoisotopic (exact) mass is 164 g/mol. The van der Waals surface area contributed by atoms with Crippen molar-refractivity contribution < 1.29 is 9.90 Å². The van der Waals surface area contributed by atoms with Crippen LogP contribution in [0.15, 0.2) is 23.4 Å². The lowest BCUT2D eigenvalue weighted by Gasteiger charge is -1.92. The van der Waals surface area contributed by atoms with Gasteiger partial charge < -0.3 is 5.11 Å². The first-order chi connectivity index (χ1) is 5.74. The zero-order chi connectivity index (χ0) is 8.97. The number of carboxylic acid groups (broad SMARTS) is 1. The van der Waals surface area contributed by atoms with Crippen LogP contribution in [-0.2, 0) is 0 Å². The SMILES string of the molecule is [N-]=[N+]=Nc1ccc(C(=O)O)nc1. The number of carbonyl (C=O) groups is 1. The summed E-state index contributed by atoms with van der Waals surface area (Å²) in [6.07, 6.45) is 1.20. The molecule has 0 spiro atoms. The van der Waals surface area contributed by atoms with E-state index in [9.17, 15) is 4.79 Å². The van der Waals surface area contributed by atoms with E-state index >= 15 is 0 Å². The molecular formula is C6H4N4O2. The van der Waals surface area contributed by atoms with Crippen LogP contribution >= 0.6 is 0 Å². The summed E-state index contributed by atoms with van der Waals surface area (Å²) in [4.78, 5) is 16.4. The predicted octanol–water partition coefficient (Wildman–Crippen LogP) is 1.72. The first-order valence-electron chi connectivity index (χ1n) is 2.98. The third-order valence-corrected chi connectivity index (χ3v) is 1.13. The number of hydrogen-bond acceptors (Lipinski definition) is 3. The van der Waals surface area contributed by atoms with E-state index < -0.39 is 5.97 Å². The summed E-state index contributed by atoms with van der Waals surface area (Å²) in [6.45, 7) is 0. The van der Waals surface area contributed by atoms with E-state index in [2.05, 4.69) is 15.0 Å². The molecule has 0 aromatic carbocycles. The van der Waals surface area contributed by atoms with Crippen LogP contribution in [0.1, 0.15) is 10.5 Å². The quantitative estimate of drug-likeness (QED) is 0.409. The summed E-state index contributed by atoms with van der Waals surface area (Å²) < 4.78 is 0. The van der Waals surface area contributed by atoms with Crippen LogP contribution in [0, 0.1) is 0 Å². The molecule has 1 aromatic rings. The molecule has 0 atom stereocenters. The van der Waals surface area contributed by atoms with Gasteiger partial charge in [-0.1, -0.05) is 5.11 Å². The van der Waals surface area contributed by atoms with E-state index in [0.717, 1.165) is 0 Å². The highest BCUT2D eigenvalue weighted by Gasteiger charge is 2.01. The second-order valence-electron chi connectivity index (χ2n) is 1.90. The van der Waals surface area contributed by atoms with Gasteiger partial charge in [0.15, 0.2) is 0 Å². The van der Waals surface area contributed by atoms with Gasteiger partial charge in [0.05, 0.1) is 5.69 Å². The van der Waals surface area contributed by atoms with Crippen LogP contribution in [0.2, 0.25) is 0 Å². The van der Waals surface area contributed by atoms with E-state index in [-0.39, 0.29) is 5.69 Å². The lowest BCUT2D eigenvalue weighted by atomic mass is 10.3. The van der Waals surface area contributed by atoms with Gasteiger partial charge >= 0.3 is 5.97 Å². The molecule has 1 rings (SSSR count). The Bertz CT molecular complexity index is 318. The smallest absolute Gasteiger partial charge is 0.354 e. The molecule has 1 aromatic heterocycles. The fourth-order valence-corrected chi connectivity index (χ4v) is 0.623. The van der Waals surface area contributed by atoms with E-state index in [4.69, 9.17) is 10.6 Å². The minimum Gasteiger partial charge on any atom is -0.477 e. The molecule has 0 aliphatic heterocycles. The van der Waals surface area contributed by atoms with Crippen molar-refractivity contribution in [1.29, 1.82) is 0 Å². The van der Waals surface area contributed by atoms with Crippen molar-refractivity contribution in [2.75, 3.05) is 0 Å². The number of hydrogen-bond donors (Lipinski definition) is 1. The summed E-state index contributed by atoms with van der Waals surface area (Å²) in [7, 11) is 0. The Hall–Kier alpha value is -2.07. The van der Waals surface area contributed by atoms with Crippen LogP contribution in [0.3, 0.4) is 0 Å². The van der Waals surface area contributed by atoms with E-state index in [1.165, 1.54) is 18.3 Å². The molecule has 0 saturated carbocycles. The Kier molecular flexibility index (Phi) is 2.25. The third kappa shape index (κ3) is 1.71. The summed E-state index contributed by atoms with van der Waals surface area (Å²) in [5.41, 5.74) is 8.23. The van der Waals surface area contributed by atoms with Crippen LogP contribution in [-0.4, -0.2) is 16.1 Å². The average molecular weight is 164 g/mol. The molecule has 6 heteroatoms. The minimum atomic E-state index is -1.11. The number of azide groups is 1. The molecule has 0 radical (unpaired) electrons. The number of aromatic carboxylic acids is 1. The van der Waals surface area contributed by atoms with Crippen molar-refractivity contribution in [3.05, 3.63) is 34.5 Å². The number of aromatic nitrogens is 1. The fourth-order valence-electron chi connectivity index (χ4n) is 0.623. The third-order valence-electron chi connectivity index (χ3n) is 1.13. The van der Waals surface area contributed by atoms with Crippen molar-refractivity contribution >= 4 is 11.7 Å². The first-order valence-corrected chi connectivity index (χ1v) is 2.98. The lowest BCUT2D eigenvalue weighted by molar-refractivity contribution is 0.0690. The Morgan fingerprint density at radius 2 is 2.42 bits per heavy atom. The van der Waals surface area contributed by atoms with Gasteiger partial charge in [-0.15, -0.1) is 0 Å². The van der Waals surface area contributed by atoms with Crippen molar-refractivity contribution in [2.24, 2.45) is 5.11 Å². The van der Waals surface area contributed by atoms with Gasteiger partial charge in [-0.3, -0.25) is 0 Å². The topological polar surface area (TPSA) is 99.0 Å². The predicted molar refractivity (Wildman–Crippen MR) is 40.0 cm³/mol. The van der Waals surface area contributed by atoms with E-state index in [1.54, 1.807) is 0 Å². The Morgan fingerprint density at radius 3 is 2.83 bits per heavy atom. The molecule has 60 valence electrons. The second-order valence-corrected chi connectivity index (χ2v) is 1.90. The normalized spacial score (nSPS) is 8.67. The van der Waals surface area contributed by atoms with Gasteiger partial charge in [0.25, 0.3) is 0 Å². The maximum atomic E-state index is 10.3. The highest BCUT2D eigenvalue weighted by molar-refractivity contribution is 5.85. The average Bonchev–Trinajstić information content (AvgIpc) is 2.06.